The van der Waals surface area contributed by atoms with Crippen molar-refractivity contribution in [2.24, 2.45) is 0 Å². The van der Waals surface area contributed by atoms with Gasteiger partial charge in [0.1, 0.15) is 0 Å². The highest BCUT2D eigenvalue weighted by Gasteiger charge is 2.19. The van der Waals surface area contributed by atoms with E-state index in [1.165, 1.54) is 0 Å². The van der Waals surface area contributed by atoms with Crippen molar-refractivity contribution >= 4 is 11.8 Å². The Balaban J connectivity index is 1.36. The summed E-state index contributed by atoms with van der Waals surface area (Å²) in [4.78, 5) is 26.4. The molecule has 0 atom stereocenters. The lowest BCUT2D eigenvalue weighted by atomic mass is 10.1. The van der Waals surface area contributed by atoms with Crippen LogP contribution in [0.4, 0.5) is 0 Å². The maximum atomic E-state index is 12.4. The molecule has 1 N–H and O–H groups in total. The number of hydrogen-bond donors (Lipinski definition) is 1. The van der Waals surface area contributed by atoms with Crippen molar-refractivity contribution < 1.29 is 19.1 Å². The van der Waals surface area contributed by atoms with Crippen LogP contribution in [0.2, 0.25) is 0 Å². The SMILES string of the molecule is CCOc1ccccc1OCCCC(=O)NCc1ccc(C(=O)N2CCCC2)cc1. The molecule has 0 aromatic heterocycles. The fourth-order valence-electron chi connectivity index (χ4n) is 3.42. The van der Waals surface area contributed by atoms with Crippen LogP contribution in [0, 0.1) is 0 Å². The van der Waals surface area contributed by atoms with Crippen LogP contribution in [-0.4, -0.2) is 43.0 Å². The predicted octanol–water partition coefficient (Wildman–Crippen LogP) is 3.80. The van der Waals surface area contributed by atoms with E-state index in [4.69, 9.17) is 9.47 Å². The molecule has 6 nitrogen and oxygen atoms in total. The normalized spacial score (nSPS) is 13.2. The summed E-state index contributed by atoms with van der Waals surface area (Å²) in [7, 11) is 0. The van der Waals surface area contributed by atoms with Crippen LogP contribution in [0.15, 0.2) is 48.5 Å². The highest BCUT2D eigenvalue weighted by Crippen LogP contribution is 2.26. The molecule has 2 aromatic rings. The molecule has 1 saturated heterocycles. The van der Waals surface area contributed by atoms with Crippen LogP contribution < -0.4 is 14.8 Å². The number of nitrogens with one attached hydrogen (secondary N) is 1. The molecule has 0 bridgehead atoms. The van der Waals surface area contributed by atoms with E-state index in [1.54, 1.807) is 0 Å². The number of para-hydroxylation sites is 2. The van der Waals surface area contributed by atoms with Crippen LogP contribution in [-0.2, 0) is 11.3 Å². The first-order valence-corrected chi connectivity index (χ1v) is 10.7. The van der Waals surface area contributed by atoms with Crippen molar-refractivity contribution in [2.75, 3.05) is 26.3 Å². The fraction of sp³-hybridized carbons (Fsp3) is 0.417. The molecule has 0 unspecified atom stereocenters. The highest BCUT2D eigenvalue weighted by molar-refractivity contribution is 5.94. The van der Waals surface area contributed by atoms with Crippen LogP contribution in [0.5, 0.6) is 11.5 Å². The average molecular weight is 411 g/mol. The molecule has 6 heteroatoms. The molecule has 1 heterocycles. The van der Waals surface area contributed by atoms with Gasteiger partial charge in [0.2, 0.25) is 5.91 Å². The van der Waals surface area contributed by atoms with Crippen LogP contribution in [0.3, 0.4) is 0 Å². The smallest absolute Gasteiger partial charge is 0.253 e. The van der Waals surface area contributed by atoms with Gasteiger partial charge in [0.25, 0.3) is 5.91 Å². The molecule has 3 rings (SSSR count). The average Bonchev–Trinajstić information content (AvgIpc) is 3.31. The highest BCUT2D eigenvalue weighted by atomic mass is 16.5. The van der Waals surface area contributed by atoms with Gasteiger partial charge in [-0.25, -0.2) is 0 Å². The summed E-state index contributed by atoms with van der Waals surface area (Å²) in [6.45, 7) is 5.10. The second-order valence-corrected chi connectivity index (χ2v) is 7.30. The summed E-state index contributed by atoms with van der Waals surface area (Å²) in [5.41, 5.74) is 1.68. The molecule has 160 valence electrons. The van der Waals surface area contributed by atoms with Crippen molar-refractivity contribution in [3.8, 4) is 11.5 Å². The number of nitrogens with zero attached hydrogens (tertiary/aromatic N) is 1. The molecule has 0 spiro atoms. The lowest BCUT2D eigenvalue weighted by Crippen LogP contribution is -2.27. The number of benzene rings is 2. The monoisotopic (exact) mass is 410 g/mol. The van der Waals surface area contributed by atoms with Crippen LogP contribution in [0.1, 0.15) is 48.5 Å². The van der Waals surface area contributed by atoms with Crippen LogP contribution in [0.25, 0.3) is 0 Å². The van der Waals surface area contributed by atoms with Crippen LogP contribution >= 0.6 is 0 Å². The van der Waals surface area contributed by atoms with E-state index in [2.05, 4.69) is 5.32 Å². The molecule has 30 heavy (non-hydrogen) atoms. The van der Waals surface area contributed by atoms with Gasteiger partial charge in [-0.05, 0) is 56.0 Å². The van der Waals surface area contributed by atoms with E-state index in [1.807, 2.05) is 60.4 Å². The van der Waals surface area contributed by atoms with Gasteiger partial charge in [0, 0.05) is 31.6 Å². The Morgan fingerprint density at radius 2 is 1.63 bits per heavy atom. The number of carbonyl (C=O) groups is 2. The van der Waals surface area contributed by atoms with E-state index in [9.17, 15) is 9.59 Å². The van der Waals surface area contributed by atoms with E-state index in [0.29, 0.717) is 43.9 Å². The lowest BCUT2D eigenvalue weighted by molar-refractivity contribution is -0.121. The van der Waals surface area contributed by atoms with E-state index in [-0.39, 0.29) is 11.8 Å². The first-order chi connectivity index (χ1) is 14.7. The third-order valence-electron chi connectivity index (χ3n) is 5.04. The van der Waals surface area contributed by atoms with Crippen molar-refractivity contribution in [2.45, 2.75) is 39.2 Å². The van der Waals surface area contributed by atoms with Gasteiger partial charge in [0.05, 0.1) is 13.2 Å². The van der Waals surface area contributed by atoms with Gasteiger partial charge < -0.3 is 19.7 Å². The molecule has 1 fully saturated rings. The first kappa shape index (κ1) is 21.7. The summed E-state index contributed by atoms with van der Waals surface area (Å²) >= 11 is 0. The van der Waals surface area contributed by atoms with Gasteiger partial charge in [-0.3, -0.25) is 9.59 Å². The first-order valence-electron chi connectivity index (χ1n) is 10.7. The zero-order valence-electron chi connectivity index (χ0n) is 17.6. The third kappa shape index (κ3) is 6.24. The summed E-state index contributed by atoms with van der Waals surface area (Å²) < 4.78 is 11.3. The number of hydrogen-bond acceptors (Lipinski definition) is 4. The van der Waals surface area contributed by atoms with Gasteiger partial charge in [-0.2, -0.15) is 0 Å². The number of likely N-dealkylation sites (tertiary alicyclic amines) is 1. The summed E-state index contributed by atoms with van der Waals surface area (Å²) in [5.74, 6) is 1.49. The standard InChI is InChI=1S/C24H30N2O4/c1-2-29-21-8-3-4-9-22(21)30-17-7-10-23(27)25-18-19-11-13-20(14-12-19)24(28)26-15-5-6-16-26/h3-4,8-9,11-14H,2,5-7,10,15-18H2,1H3,(H,25,27). The second-order valence-electron chi connectivity index (χ2n) is 7.30. The van der Waals surface area contributed by atoms with Gasteiger partial charge >= 0.3 is 0 Å². The zero-order valence-corrected chi connectivity index (χ0v) is 17.6. The quantitative estimate of drug-likeness (QED) is 0.605. The number of rotatable bonds is 10. The van der Waals surface area contributed by atoms with Gasteiger partial charge in [-0.1, -0.05) is 24.3 Å². The Morgan fingerprint density at radius 1 is 0.967 bits per heavy atom. The Kier molecular flexibility index (Phi) is 8.12. The van der Waals surface area contributed by atoms with Crippen molar-refractivity contribution in [1.82, 2.24) is 10.2 Å². The number of amides is 2. The van der Waals surface area contributed by atoms with Crippen molar-refractivity contribution in [1.29, 1.82) is 0 Å². The molecule has 1 aliphatic rings. The molecule has 1 aliphatic heterocycles. The molecular weight excluding hydrogens is 380 g/mol. The van der Waals surface area contributed by atoms with Crippen molar-refractivity contribution in [3.63, 3.8) is 0 Å². The minimum absolute atomic E-state index is 0.0195. The van der Waals surface area contributed by atoms with Gasteiger partial charge in [-0.15, -0.1) is 0 Å². The van der Waals surface area contributed by atoms with E-state index < -0.39 is 0 Å². The molecule has 0 saturated carbocycles. The molecule has 0 radical (unpaired) electrons. The Labute approximate surface area is 178 Å². The Bertz CT molecular complexity index is 829. The molecular formula is C24H30N2O4. The maximum absolute atomic E-state index is 12.4. The summed E-state index contributed by atoms with van der Waals surface area (Å²) in [5, 5.41) is 2.92. The Morgan fingerprint density at radius 3 is 2.30 bits per heavy atom. The zero-order chi connectivity index (χ0) is 21.2. The molecule has 2 amide bonds. The lowest BCUT2D eigenvalue weighted by Gasteiger charge is -2.15. The molecule has 0 aliphatic carbocycles. The minimum atomic E-state index is -0.0195. The van der Waals surface area contributed by atoms with Crippen molar-refractivity contribution in [3.05, 3.63) is 59.7 Å². The van der Waals surface area contributed by atoms with Gasteiger partial charge in [0.15, 0.2) is 11.5 Å². The maximum Gasteiger partial charge on any atom is 0.253 e. The topological polar surface area (TPSA) is 67.9 Å². The fourth-order valence-corrected chi connectivity index (χ4v) is 3.42. The molecule has 2 aromatic carbocycles. The predicted molar refractivity (Wildman–Crippen MR) is 116 cm³/mol. The second kappa shape index (κ2) is 11.2. The summed E-state index contributed by atoms with van der Waals surface area (Å²) in [6, 6.07) is 15.0. The Hall–Kier alpha value is -3.02. The van der Waals surface area contributed by atoms with E-state index >= 15 is 0 Å². The largest absolute Gasteiger partial charge is 0.490 e. The van der Waals surface area contributed by atoms with E-state index in [0.717, 1.165) is 37.2 Å². The number of ether oxygens (including phenoxy) is 2. The minimum Gasteiger partial charge on any atom is -0.490 e. The summed E-state index contributed by atoms with van der Waals surface area (Å²) in [6.07, 6.45) is 3.18. The number of carbonyl (C=O) groups excluding carboxylic acids is 2. The third-order valence-corrected chi connectivity index (χ3v) is 5.04.